The number of nitrogens with zero attached hydrogens (tertiary/aromatic N) is 2. The second kappa shape index (κ2) is 3.62. The van der Waals surface area contributed by atoms with Crippen LogP contribution in [0.3, 0.4) is 0 Å². The maximum Gasteiger partial charge on any atom is 0.230 e. The highest BCUT2D eigenvalue weighted by atomic mass is 19.1. The summed E-state index contributed by atoms with van der Waals surface area (Å²) >= 11 is 0. The Morgan fingerprint density at radius 1 is 1.43 bits per heavy atom. The van der Waals surface area contributed by atoms with E-state index in [4.69, 9.17) is 0 Å². The van der Waals surface area contributed by atoms with Gasteiger partial charge in [0.25, 0.3) is 0 Å². The SMILES string of the molecule is Cc1cccc(Cn2cnc(F)c2)c1. The van der Waals surface area contributed by atoms with Gasteiger partial charge in [-0.05, 0) is 12.5 Å². The van der Waals surface area contributed by atoms with Crippen molar-refractivity contribution < 1.29 is 4.39 Å². The van der Waals surface area contributed by atoms with E-state index < -0.39 is 5.95 Å². The fourth-order valence-electron chi connectivity index (χ4n) is 1.44. The standard InChI is InChI=1S/C11H11FN2/c1-9-3-2-4-10(5-9)6-14-7-11(12)13-8-14/h2-5,7-8H,6H2,1H3. The molecule has 0 radical (unpaired) electrons. The molecule has 14 heavy (non-hydrogen) atoms. The molecule has 2 nitrogen and oxygen atoms in total. The predicted octanol–water partition coefficient (Wildman–Crippen LogP) is 2.38. The molecule has 0 unspecified atom stereocenters. The molecule has 0 saturated heterocycles. The zero-order valence-electron chi connectivity index (χ0n) is 7.94. The minimum atomic E-state index is -0.433. The molecule has 0 aliphatic carbocycles. The summed E-state index contributed by atoms with van der Waals surface area (Å²) in [7, 11) is 0. The van der Waals surface area contributed by atoms with Gasteiger partial charge < -0.3 is 4.57 Å². The number of aryl methyl sites for hydroxylation is 1. The van der Waals surface area contributed by atoms with Crippen molar-refractivity contribution in [3.8, 4) is 0 Å². The van der Waals surface area contributed by atoms with Gasteiger partial charge in [-0.3, -0.25) is 0 Å². The van der Waals surface area contributed by atoms with Gasteiger partial charge in [0.05, 0.1) is 12.5 Å². The highest BCUT2D eigenvalue weighted by Crippen LogP contribution is 2.06. The third-order valence-electron chi connectivity index (χ3n) is 2.05. The van der Waals surface area contributed by atoms with E-state index in [9.17, 15) is 4.39 Å². The van der Waals surface area contributed by atoms with Gasteiger partial charge >= 0.3 is 0 Å². The first-order valence-electron chi connectivity index (χ1n) is 4.47. The molecule has 0 fully saturated rings. The molecule has 0 amide bonds. The number of imidazole rings is 1. The number of hydrogen-bond donors (Lipinski definition) is 0. The molecule has 0 saturated carbocycles. The Morgan fingerprint density at radius 2 is 2.29 bits per heavy atom. The van der Waals surface area contributed by atoms with E-state index in [1.807, 2.05) is 25.1 Å². The van der Waals surface area contributed by atoms with E-state index in [0.29, 0.717) is 6.54 Å². The molecule has 1 heterocycles. The van der Waals surface area contributed by atoms with Crippen LogP contribution in [0.25, 0.3) is 0 Å². The summed E-state index contributed by atoms with van der Waals surface area (Å²) in [6.45, 7) is 2.70. The van der Waals surface area contributed by atoms with E-state index in [1.54, 1.807) is 4.57 Å². The molecule has 2 aromatic rings. The number of rotatable bonds is 2. The molecule has 2 rings (SSSR count). The average molecular weight is 190 g/mol. The Morgan fingerprint density at radius 3 is 2.93 bits per heavy atom. The Bertz CT molecular complexity index is 434. The molecule has 0 bridgehead atoms. The van der Waals surface area contributed by atoms with Crippen molar-refractivity contribution in [2.45, 2.75) is 13.5 Å². The lowest BCUT2D eigenvalue weighted by atomic mass is 10.1. The van der Waals surface area contributed by atoms with Gasteiger partial charge in [0, 0.05) is 6.54 Å². The maximum atomic E-state index is 12.6. The largest absolute Gasteiger partial charge is 0.330 e. The first-order valence-corrected chi connectivity index (χ1v) is 4.47. The molecule has 1 aromatic heterocycles. The lowest BCUT2D eigenvalue weighted by Gasteiger charge is -2.02. The first kappa shape index (κ1) is 8.94. The van der Waals surface area contributed by atoms with Crippen LogP contribution in [-0.4, -0.2) is 9.55 Å². The van der Waals surface area contributed by atoms with Crippen LogP contribution in [0.2, 0.25) is 0 Å². The Hall–Kier alpha value is -1.64. The lowest BCUT2D eigenvalue weighted by molar-refractivity contribution is 0.588. The fraction of sp³-hybridized carbons (Fsp3) is 0.182. The number of aromatic nitrogens is 2. The van der Waals surface area contributed by atoms with Crippen molar-refractivity contribution in [1.29, 1.82) is 0 Å². The van der Waals surface area contributed by atoms with Crippen LogP contribution in [-0.2, 0) is 6.54 Å². The third-order valence-corrected chi connectivity index (χ3v) is 2.05. The summed E-state index contributed by atoms with van der Waals surface area (Å²) in [6, 6.07) is 8.14. The van der Waals surface area contributed by atoms with E-state index in [-0.39, 0.29) is 0 Å². The molecule has 0 spiro atoms. The summed E-state index contributed by atoms with van der Waals surface area (Å²) in [4.78, 5) is 3.53. The van der Waals surface area contributed by atoms with Crippen LogP contribution in [0.4, 0.5) is 4.39 Å². The van der Waals surface area contributed by atoms with Crippen LogP contribution >= 0.6 is 0 Å². The van der Waals surface area contributed by atoms with Gasteiger partial charge in [-0.15, -0.1) is 0 Å². The predicted molar refractivity (Wildman–Crippen MR) is 52.5 cm³/mol. The summed E-state index contributed by atoms with van der Waals surface area (Å²) in [5, 5.41) is 0. The minimum absolute atomic E-state index is 0.433. The monoisotopic (exact) mass is 190 g/mol. The second-order valence-corrected chi connectivity index (χ2v) is 3.36. The Kier molecular flexibility index (Phi) is 2.31. The van der Waals surface area contributed by atoms with E-state index in [0.717, 1.165) is 5.56 Å². The Labute approximate surface area is 82.0 Å². The Balaban J connectivity index is 2.18. The van der Waals surface area contributed by atoms with Crippen molar-refractivity contribution >= 4 is 0 Å². The zero-order valence-corrected chi connectivity index (χ0v) is 7.94. The van der Waals surface area contributed by atoms with Gasteiger partial charge in [-0.2, -0.15) is 4.39 Å². The van der Waals surface area contributed by atoms with Crippen molar-refractivity contribution in [3.63, 3.8) is 0 Å². The summed E-state index contributed by atoms with van der Waals surface area (Å²) < 4.78 is 14.3. The van der Waals surface area contributed by atoms with E-state index >= 15 is 0 Å². The minimum Gasteiger partial charge on any atom is -0.330 e. The van der Waals surface area contributed by atoms with Gasteiger partial charge in [0.1, 0.15) is 0 Å². The van der Waals surface area contributed by atoms with Crippen LogP contribution in [0.15, 0.2) is 36.8 Å². The number of benzene rings is 1. The summed E-state index contributed by atoms with van der Waals surface area (Å²) in [6.07, 6.45) is 2.89. The lowest BCUT2D eigenvalue weighted by Crippen LogP contribution is -1.96. The van der Waals surface area contributed by atoms with Gasteiger partial charge in [0.2, 0.25) is 5.95 Å². The highest BCUT2D eigenvalue weighted by molar-refractivity contribution is 5.22. The maximum absolute atomic E-state index is 12.6. The molecule has 3 heteroatoms. The molecular weight excluding hydrogens is 179 g/mol. The molecule has 0 N–H and O–H groups in total. The van der Waals surface area contributed by atoms with Crippen LogP contribution in [0.1, 0.15) is 11.1 Å². The zero-order chi connectivity index (χ0) is 9.97. The van der Waals surface area contributed by atoms with E-state index in [2.05, 4.69) is 11.1 Å². The highest BCUT2D eigenvalue weighted by Gasteiger charge is 1.97. The summed E-state index contributed by atoms with van der Waals surface area (Å²) in [5.74, 6) is -0.433. The van der Waals surface area contributed by atoms with Gasteiger partial charge in [-0.25, -0.2) is 4.98 Å². The van der Waals surface area contributed by atoms with Crippen LogP contribution in [0, 0.1) is 12.9 Å². The van der Waals surface area contributed by atoms with Crippen molar-refractivity contribution in [1.82, 2.24) is 9.55 Å². The topological polar surface area (TPSA) is 17.8 Å². The molecule has 0 aliphatic heterocycles. The van der Waals surface area contributed by atoms with Crippen molar-refractivity contribution in [3.05, 3.63) is 53.9 Å². The average Bonchev–Trinajstić information content (AvgIpc) is 2.51. The number of halogens is 1. The molecule has 72 valence electrons. The first-order chi connectivity index (χ1) is 6.74. The van der Waals surface area contributed by atoms with Crippen LogP contribution in [0.5, 0.6) is 0 Å². The van der Waals surface area contributed by atoms with E-state index in [1.165, 1.54) is 18.1 Å². The van der Waals surface area contributed by atoms with Crippen molar-refractivity contribution in [2.75, 3.05) is 0 Å². The molecule has 0 aliphatic rings. The third kappa shape index (κ3) is 1.99. The van der Waals surface area contributed by atoms with Gasteiger partial charge in [-0.1, -0.05) is 29.8 Å². The second-order valence-electron chi connectivity index (χ2n) is 3.36. The smallest absolute Gasteiger partial charge is 0.230 e. The fourth-order valence-corrected chi connectivity index (χ4v) is 1.44. The van der Waals surface area contributed by atoms with Crippen LogP contribution < -0.4 is 0 Å². The normalized spacial score (nSPS) is 10.4. The molecular formula is C11H11FN2. The summed E-state index contributed by atoms with van der Waals surface area (Å²) in [5.41, 5.74) is 2.37. The molecule has 0 atom stereocenters. The molecule has 1 aromatic carbocycles. The number of hydrogen-bond acceptors (Lipinski definition) is 1. The van der Waals surface area contributed by atoms with Gasteiger partial charge in [0.15, 0.2) is 0 Å². The van der Waals surface area contributed by atoms with Crippen molar-refractivity contribution in [2.24, 2.45) is 0 Å². The quantitative estimate of drug-likeness (QED) is 0.711.